The zero-order chi connectivity index (χ0) is 32.2. The molecule has 0 amide bonds. The van der Waals surface area contributed by atoms with Gasteiger partial charge in [0.2, 0.25) is 0 Å². The van der Waals surface area contributed by atoms with E-state index in [0.717, 1.165) is 48.9 Å². The first-order chi connectivity index (χ1) is 20.1. The number of halogens is 6. The van der Waals surface area contributed by atoms with Crippen LogP contribution in [0.15, 0.2) is 47.3 Å². The predicted octanol–water partition coefficient (Wildman–Crippen LogP) is 4.68. The first kappa shape index (κ1) is 36.3. The highest BCUT2D eigenvalue weighted by molar-refractivity contribution is 7.99. The summed E-state index contributed by atoms with van der Waals surface area (Å²) in [7, 11) is 0. The molecule has 0 fully saturated rings. The SMILES string of the molecule is C[C@H](CNCCSCCCNC[C@H](O)c1ccc(O)c2[nH]c(=O)sc12)c1ccccc1.O=C(C(=O)C(F)(F)F)C(F)(F)F. The topological polar surface area (TPSA) is 132 Å². The van der Waals surface area contributed by atoms with Crippen molar-refractivity contribution in [2.45, 2.75) is 37.7 Å². The Balaban J connectivity index is 0.000000455. The van der Waals surface area contributed by atoms with Crippen molar-refractivity contribution < 1.29 is 46.1 Å². The Morgan fingerprint density at radius 1 is 0.930 bits per heavy atom. The van der Waals surface area contributed by atoms with Gasteiger partial charge in [-0.3, -0.25) is 14.4 Å². The van der Waals surface area contributed by atoms with Gasteiger partial charge in [0, 0.05) is 31.0 Å². The van der Waals surface area contributed by atoms with Gasteiger partial charge in [-0.1, -0.05) is 54.7 Å². The molecule has 1 aromatic heterocycles. The van der Waals surface area contributed by atoms with E-state index in [9.17, 15) is 50.9 Å². The van der Waals surface area contributed by atoms with E-state index in [2.05, 4.69) is 46.8 Å². The summed E-state index contributed by atoms with van der Waals surface area (Å²) >= 11 is 2.94. The van der Waals surface area contributed by atoms with Gasteiger partial charge < -0.3 is 25.8 Å². The molecule has 0 aliphatic rings. The molecule has 0 unspecified atom stereocenters. The third-order valence-corrected chi connectivity index (χ3v) is 7.89. The summed E-state index contributed by atoms with van der Waals surface area (Å²) in [6.07, 6.45) is -11.2. The largest absolute Gasteiger partial charge is 0.506 e. The van der Waals surface area contributed by atoms with Crippen molar-refractivity contribution in [3.63, 3.8) is 0 Å². The molecule has 1 heterocycles. The van der Waals surface area contributed by atoms with Crippen molar-refractivity contribution in [1.82, 2.24) is 15.6 Å². The molecule has 0 saturated heterocycles. The number of hydrogen-bond acceptors (Lipinski definition) is 9. The third kappa shape index (κ3) is 11.9. The number of aliphatic hydroxyl groups is 1. The Morgan fingerprint density at radius 3 is 2.14 bits per heavy atom. The number of aliphatic hydroxyl groups excluding tert-OH is 1. The predicted molar refractivity (Wildman–Crippen MR) is 154 cm³/mol. The van der Waals surface area contributed by atoms with Gasteiger partial charge in [0.1, 0.15) is 11.3 Å². The first-order valence-corrected chi connectivity index (χ1v) is 14.9. The summed E-state index contributed by atoms with van der Waals surface area (Å²) in [6, 6.07) is 13.8. The molecule has 3 aromatic rings. The minimum atomic E-state index is -5.77. The van der Waals surface area contributed by atoms with Crippen molar-refractivity contribution >= 4 is 44.9 Å². The number of benzene rings is 2. The minimum absolute atomic E-state index is 0.0262. The molecule has 16 heteroatoms. The molecule has 8 nitrogen and oxygen atoms in total. The number of nitrogens with one attached hydrogen (secondary N) is 3. The molecule has 238 valence electrons. The molecule has 0 saturated carbocycles. The molecule has 43 heavy (non-hydrogen) atoms. The van der Waals surface area contributed by atoms with E-state index < -0.39 is 30.0 Å². The lowest BCUT2D eigenvalue weighted by Gasteiger charge is -2.14. The van der Waals surface area contributed by atoms with Crippen LogP contribution in [0, 0.1) is 0 Å². The van der Waals surface area contributed by atoms with Crippen molar-refractivity contribution in [1.29, 1.82) is 0 Å². The summed E-state index contributed by atoms with van der Waals surface area (Å²) in [5.74, 6) is -4.11. The lowest BCUT2D eigenvalue weighted by molar-refractivity contribution is -0.193. The van der Waals surface area contributed by atoms with Crippen LogP contribution in [0.1, 0.15) is 36.5 Å². The van der Waals surface area contributed by atoms with Crippen molar-refractivity contribution in [3.05, 3.63) is 63.3 Å². The number of rotatable bonds is 14. The normalized spacial score (nSPS) is 13.3. The number of thioether (sulfide) groups is 1. The third-order valence-electron chi connectivity index (χ3n) is 5.89. The Kier molecular flexibility index (Phi) is 14.2. The van der Waals surface area contributed by atoms with Crippen LogP contribution in [0.3, 0.4) is 0 Å². The van der Waals surface area contributed by atoms with Crippen LogP contribution in [0.5, 0.6) is 5.75 Å². The molecular weight excluding hydrogens is 624 g/mol. The van der Waals surface area contributed by atoms with Gasteiger partial charge in [0.05, 0.1) is 10.8 Å². The molecule has 0 radical (unpaired) electrons. The number of carbonyl (C=O) groups is 2. The van der Waals surface area contributed by atoms with Gasteiger partial charge in [-0.25, -0.2) is 0 Å². The van der Waals surface area contributed by atoms with E-state index in [1.165, 1.54) is 11.6 Å². The summed E-state index contributed by atoms with van der Waals surface area (Å²) in [5.41, 5.74) is 2.43. The van der Waals surface area contributed by atoms with E-state index in [-0.39, 0.29) is 10.6 Å². The van der Waals surface area contributed by atoms with Gasteiger partial charge in [0.25, 0.3) is 0 Å². The number of Topliss-reactive ketones (excluding diaryl/α,β-unsaturated/α-hetero) is 2. The fourth-order valence-corrected chi connectivity index (χ4v) is 5.43. The molecule has 3 rings (SSSR count). The van der Waals surface area contributed by atoms with Gasteiger partial charge in [-0.2, -0.15) is 38.1 Å². The highest BCUT2D eigenvalue weighted by Gasteiger charge is 2.54. The molecule has 5 N–H and O–H groups in total. The van der Waals surface area contributed by atoms with Crippen LogP contribution in [-0.2, 0) is 9.59 Å². The highest BCUT2D eigenvalue weighted by Crippen LogP contribution is 2.31. The summed E-state index contributed by atoms with van der Waals surface area (Å²) in [6.45, 7) is 5.48. The second-order valence-corrected chi connectivity index (χ2v) is 11.5. The second kappa shape index (κ2) is 16.8. The number of fused-ring (bicyclic) bond motifs is 1. The number of aromatic amines is 1. The summed E-state index contributed by atoms with van der Waals surface area (Å²) in [5, 5.41) is 27.1. The number of H-pyrrole nitrogens is 1. The number of phenols is 1. The number of phenolic OH excluding ortho intramolecular Hbond substituents is 1. The maximum absolute atomic E-state index is 11.6. The van der Waals surface area contributed by atoms with Crippen LogP contribution >= 0.6 is 23.1 Å². The Morgan fingerprint density at radius 2 is 1.53 bits per heavy atom. The lowest BCUT2D eigenvalue weighted by Crippen LogP contribution is -2.39. The zero-order valence-electron chi connectivity index (χ0n) is 22.8. The number of aromatic nitrogens is 1. The average Bonchev–Trinajstić information content (AvgIpc) is 3.35. The van der Waals surface area contributed by atoms with E-state index >= 15 is 0 Å². The number of thiazole rings is 1. The number of carbonyl (C=O) groups excluding carboxylic acids is 2. The monoisotopic (exact) mass is 655 g/mol. The average molecular weight is 656 g/mol. The van der Waals surface area contributed by atoms with Gasteiger partial charge in [-0.05, 0) is 36.3 Å². The lowest BCUT2D eigenvalue weighted by atomic mass is 10.0. The van der Waals surface area contributed by atoms with Crippen LogP contribution < -0.4 is 15.5 Å². The Labute approximate surface area is 250 Å². The summed E-state index contributed by atoms with van der Waals surface area (Å²) in [4.78, 5) is 33.2. The maximum Gasteiger partial charge on any atom is 0.458 e. The van der Waals surface area contributed by atoms with Crippen LogP contribution in [-0.4, -0.2) is 76.8 Å². The first-order valence-electron chi connectivity index (χ1n) is 12.9. The fourth-order valence-electron chi connectivity index (χ4n) is 3.67. The zero-order valence-corrected chi connectivity index (χ0v) is 24.5. The Bertz CT molecular complexity index is 1360. The number of aromatic hydroxyl groups is 1. The van der Waals surface area contributed by atoms with Crippen LogP contribution in [0.4, 0.5) is 26.3 Å². The quantitative estimate of drug-likeness (QED) is 0.0962. The van der Waals surface area contributed by atoms with Crippen molar-refractivity contribution in [2.24, 2.45) is 0 Å². The smallest absolute Gasteiger partial charge is 0.458 e. The maximum atomic E-state index is 11.6. The van der Waals surface area contributed by atoms with Crippen LogP contribution in [0.25, 0.3) is 10.2 Å². The molecule has 2 aromatic carbocycles. The number of hydrogen-bond donors (Lipinski definition) is 5. The van der Waals surface area contributed by atoms with E-state index in [1.807, 2.05) is 17.8 Å². The molecule has 0 aliphatic carbocycles. The summed E-state index contributed by atoms with van der Waals surface area (Å²) < 4.78 is 67.6. The van der Waals surface area contributed by atoms with Gasteiger partial charge in [-0.15, -0.1) is 0 Å². The molecule has 0 spiro atoms. The molecular formula is C27H31F6N3O5S2. The Hall–Kier alpha value is -2.92. The van der Waals surface area contributed by atoms with Crippen molar-refractivity contribution in [3.8, 4) is 5.75 Å². The second-order valence-electron chi connectivity index (χ2n) is 9.25. The van der Waals surface area contributed by atoms with E-state index in [4.69, 9.17) is 0 Å². The molecule has 2 atom stereocenters. The molecule has 0 aliphatic heterocycles. The minimum Gasteiger partial charge on any atom is -0.506 e. The number of alkyl halides is 6. The van der Waals surface area contributed by atoms with Gasteiger partial charge >= 0.3 is 28.8 Å². The van der Waals surface area contributed by atoms with Crippen molar-refractivity contribution in [2.75, 3.05) is 37.7 Å². The van der Waals surface area contributed by atoms with Gasteiger partial charge in [0.15, 0.2) is 0 Å². The van der Waals surface area contributed by atoms with Crippen LogP contribution in [0.2, 0.25) is 0 Å². The fraction of sp³-hybridized carbons (Fsp3) is 0.444. The van der Waals surface area contributed by atoms with E-state index in [0.29, 0.717) is 28.2 Å². The number of ketones is 2. The van der Waals surface area contributed by atoms with E-state index in [1.54, 1.807) is 6.07 Å². The standard InChI is InChI=1S/C23H31N3O3S2.C4F6O2/c1-16(17-6-3-2-4-7-17)14-25-11-13-30-12-5-10-24-15-20(28)18-8-9-19(27)21-22(18)31-23(29)26-21;5-3(6,7)1(11)2(12)4(8,9)10/h2-4,6-9,16,20,24-25,27-28H,5,10-15H2,1H3,(H,26,29);/t16-,20+;/m1./s1. The highest BCUT2D eigenvalue weighted by atomic mass is 32.2. The molecule has 0 bridgehead atoms.